The maximum atomic E-state index is 12.0. The third kappa shape index (κ3) is 1.95. The molecule has 4 rings (SSSR count). The van der Waals surface area contributed by atoms with E-state index in [1.807, 2.05) is 0 Å². The zero-order valence-electron chi connectivity index (χ0n) is 13.8. The summed E-state index contributed by atoms with van der Waals surface area (Å²) in [5.41, 5.74) is 4.91. The summed E-state index contributed by atoms with van der Waals surface area (Å²) >= 11 is 0. The number of imidazole rings is 1. The van der Waals surface area contributed by atoms with Gasteiger partial charge in [0.05, 0.1) is 19.5 Å². The fourth-order valence-electron chi connectivity index (χ4n) is 4.19. The van der Waals surface area contributed by atoms with Crippen LogP contribution in [0.1, 0.15) is 27.0 Å². The van der Waals surface area contributed by atoms with E-state index in [1.54, 1.807) is 4.57 Å². The Balaban J connectivity index is 1.84. The van der Waals surface area contributed by atoms with Crippen LogP contribution in [0.25, 0.3) is 11.2 Å². The number of nitrogens with two attached hydrogens (primary N) is 1. The van der Waals surface area contributed by atoms with E-state index in [4.69, 9.17) is 15.2 Å². The number of fused-ring (bicyclic) bond motifs is 3. The number of H-pyrrole nitrogens is 1. The van der Waals surface area contributed by atoms with Crippen LogP contribution in [-0.2, 0) is 9.47 Å². The molecule has 0 aromatic carbocycles. The molecule has 0 spiro atoms. The molecule has 2 bridgehead atoms. The highest BCUT2D eigenvalue weighted by Crippen LogP contribution is 2.55. The van der Waals surface area contributed by atoms with Crippen LogP contribution in [0.4, 0.5) is 5.95 Å². The number of anilines is 1. The number of aromatic amines is 1. The molecule has 2 fully saturated rings. The van der Waals surface area contributed by atoms with Crippen molar-refractivity contribution < 1.29 is 14.6 Å². The predicted molar refractivity (Wildman–Crippen MR) is 85.2 cm³/mol. The topological polar surface area (TPSA) is 128 Å². The molecule has 0 saturated carbocycles. The molecular weight excluding hydrogens is 314 g/mol. The molecular formula is C15H21N5O4. The maximum Gasteiger partial charge on any atom is 0.280 e. The van der Waals surface area contributed by atoms with Crippen molar-refractivity contribution in [1.29, 1.82) is 0 Å². The zero-order valence-corrected chi connectivity index (χ0v) is 13.8. The van der Waals surface area contributed by atoms with Gasteiger partial charge >= 0.3 is 0 Å². The minimum atomic E-state index is -0.767. The predicted octanol–water partition coefficient (Wildman–Crippen LogP) is 0.0228. The van der Waals surface area contributed by atoms with Crippen LogP contribution in [0.3, 0.4) is 0 Å². The third-order valence-corrected chi connectivity index (χ3v) is 4.98. The molecule has 9 heteroatoms. The quantitative estimate of drug-likeness (QED) is 0.706. The van der Waals surface area contributed by atoms with Crippen molar-refractivity contribution in [3.05, 3.63) is 16.7 Å². The first-order valence-electron chi connectivity index (χ1n) is 7.89. The Morgan fingerprint density at radius 3 is 2.92 bits per heavy atom. The monoisotopic (exact) mass is 335 g/mol. The van der Waals surface area contributed by atoms with E-state index in [0.29, 0.717) is 12.3 Å². The summed E-state index contributed by atoms with van der Waals surface area (Å²) in [6, 6.07) is 0. The number of aliphatic hydroxyl groups is 1. The van der Waals surface area contributed by atoms with Crippen molar-refractivity contribution in [3.8, 4) is 0 Å². The van der Waals surface area contributed by atoms with Gasteiger partial charge in [0.25, 0.3) is 5.56 Å². The summed E-state index contributed by atoms with van der Waals surface area (Å²) in [5.74, 6) is 0.0133. The number of nitrogen functional groups attached to an aromatic ring is 1. The highest BCUT2D eigenvalue weighted by atomic mass is 16.6. The molecule has 0 amide bonds. The number of hydrogen-bond donors (Lipinski definition) is 3. The van der Waals surface area contributed by atoms with Crippen molar-refractivity contribution in [3.63, 3.8) is 0 Å². The van der Waals surface area contributed by atoms with Crippen LogP contribution >= 0.6 is 0 Å². The molecule has 2 saturated heterocycles. The standard InChI is InChI=1S/C15H21N5O4/c1-14(2,3)9-8-12(24-15(9,4-21)5-23-8)20-6-17-7-10(20)18-13(16)19-11(7)22/h6,8-9,12,21H,4-5H2,1-3H3,(H3,16,18,19,22)/t8-,9?,12+,15-/m0/s1. The fourth-order valence-corrected chi connectivity index (χ4v) is 4.19. The number of nitrogens with zero attached hydrogens (tertiary/aromatic N) is 3. The number of nitrogens with one attached hydrogen (secondary N) is 1. The number of aliphatic hydroxyl groups excluding tert-OH is 1. The molecule has 2 aliphatic heterocycles. The summed E-state index contributed by atoms with van der Waals surface area (Å²) < 4.78 is 13.8. The van der Waals surface area contributed by atoms with Gasteiger partial charge < -0.3 is 20.3 Å². The van der Waals surface area contributed by atoms with E-state index in [-0.39, 0.29) is 35.5 Å². The van der Waals surface area contributed by atoms with Gasteiger partial charge in [0.1, 0.15) is 11.7 Å². The second kappa shape index (κ2) is 4.78. The molecule has 130 valence electrons. The lowest BCUT2D eigenvalue weighted by Gasteiger charge is -2.35. The second-order valence-corrected chi connectivity index (χ2v) is 7.63. The molecule has 2 aromatic heterocycles. The van der Waals surface area contributed by atoms with Crippen LogP contribution in [0.2, 0.25) is 0 Å². The van der Waals surface area contributed by atoms with Crippen LogP contribution in [0.5, 0.6) is 0 Å². The molecule has 1 unspecified atom stereocenters. The van der Waals surface area contributed by atoms with Gasteiger partial charge in [0.2, 0.25) is 5.95 Å². The first-order valence-corrected chi connectivity index (χ1v) is 7.89. The Morgan fingerprint density at radius 1 is 1.54 bits per heavy atom. The number of aromatic nitrogens is 4. The molecule has 9 nitrogen and oxygen atoms in total. The molecule has 4 heterocycles. The van der Waals surface area contributed by atoms with Crippen molar-refractivity contribution in [2.24, 2.45) is 11.3 Å². The van der Waals surface area contributed by atoms with Gasteiger partial charge in [-0.05, 0) is 5.41 Å². The van der Waals surface area contributed by atoms with Gasteiger partial charge in [-0.15, -0.1) is 0 Å². The second-order valence-electron chi connectivity index (χ2n) is 7.63. The largest absolute Gasteiger partial charge is 0.393 e. The van der Waals surface area contributed by atoms with E-state index >= 15 is 0 Å². The smallest absolute Gasteiger partial charge is 0.280 e. The number of hydrogen-bond acceptors (Lipinski definition) is 7. The van der Waals surface area contributed by atoms with Crippen LogP contribution < -0.4 is 11.3 Å². The van der Waals surface area contributed by atoms with Gasteiger partial charge in [0.15, 0.2) is 17.4 Å². The Hall–Kier alpha value is -1.97. The van der Waals surface area contributed by atoms with E-state index in [0.717, 1.165) is 0 Å². The van der Waals surface area contributed by atoms with E-state index < -0.39 is 17.4 Å². The molecule has 4 atom stereocenters. The minimum absolute atomic E-state index is 0.00297. The number of ether oxygens (including phenoxy) is 2. The van der Waals surface area contributed by atoms with Crippen molar-refractivity contribution in [2.75, 3.05) is 18.9 Å². The summed E-state index contributed by atoms with van der Waals surface area (Å²) in [6.07, 6.45) is 0.719. The molecule has 0 radical (unpaired) electrons. The van der Waals surface area contributed by atoms with Crippen molar-refractivity contribution in [1.82, 2.24) is 19.5 Å². The minimum Gasteiger partial charge on any atom is -0.393 e. The molecule has 2 aliphatic rings. The summed E-state index contributed by atoms with van der Waals surface area (Å²) in [4.78, 5) is 22.7. The third-order valence-electron chi connectivity index (χ3n) is 4.98. The van der Waals surface area contributed by atoms with Gasteiger partial charge in [-0.3, -0.25) is 14.3 Å². The van der Waals surface area contributed by atoms with Gasteiger partial charge in [-0.25, -0.2) is 4.98 Å². The lowest BCUT2D eigenvalue weighted by atomic mass is 9.71. The molecule has 24 heavy (non-hydrogen) atoms. The van der Waals surface area contributed by atoms with Crippen molar-refractivity contribution >= 4 is 17.1 Å². The van der Waals surface area contributed by atoms with Gasteiger partial charge in [-0.2, -0.15) is 4.98 Å². The molecule has 2 aromatic rings. The fraction of sp³-hybridized carbons (Fsp3) is 0.667. The lowest BCUT2D eigenvalue weighted by molar-refractivity contribution is -0.185. The summed E-state index contributed by atoms with van der Waals surface area (Å²) in [6.45, 7) is 6.51. The van der Waals surface area contributed by atoms with Crippen LogP contribution in [0.15, 0.2) is 11.1 Å². The average Bonchev–Trinajstić information content (AvgIpc) is 3.15. The van der Waals surface area contributed by atoms with E-state index in [1.165, 1.54) is 6.33 Å². The average molecular weight is 335 g/mol. The number of rotatable bonds is 2. The van der Waals surface area contributed by atoms with Gasteiger partial charge in [0, 0.05) is 5.92 Å². The Morgan fingerprint density at radius 2 is 2.29 bits per heavy atom. The molecule has 0 aliphatic carbocycles. The Kier molecular flexibility index (Phi) is 3.09. The summed E-state index contributed by atoms with van der Waals surface area (Å²) in [5, 5.41) is 9.97. The van der Waals surface area contributed by atoms with E-state index in [9.17, 15) is 9.90 Å². The first kappa shape index (κ1) is 15.6. The normalized spacial score (nSPS) is 32.8. The zero-order chi connectivity index (χ0) is 17.3. The first-order chi connectivity index (χ1) is 11.3. The summed E-state index contributed by atoms with van der Waals surface area (Å²) in [7, 11) is 0. The van der Waals surface area contributed by atoms with Crippen LogP contribution in [0, 0.1) is 11.3 Å². The SMILES string of the molecule is CC(C)(C)C1[C@@H]2OC[C@]1(CO)O[C@H]2n1cnc2c(=O)[nH]c(N)nc21. The van der Waals surface area contributed by atoms with Gasteiger partial charge in [-0.1, -0.05) is 20.8 Å². The molecule has 4 N–H and O–H groups in total. The lowest BCUT2D eigenvalue weighted by Crippen LogP contribution is -2.45. The maximum absolute atomic E-state index is 12.0. The Labute approximate surface area is 137 Å². The van der Waals surface area contributed by atoms with E-state index in [2.05, 4.69) is 35.7 Å². The Bertz CT molecular complexity index is 854. The van der Waals surface area contributed by atoms with Crippen LogP contribution in [-0.4, -0.2) is 49.5 Å². The highest BCUT2D eigenvalue weighted by molar-refractivity contribution is 5.70. The van der Waals surface area contributed by atoms with Crippen molar-refractivity contribution in [2.45, 2.75) is 38.7 Å². The highest BCUT2D eigenvalue weighted by Gasteiger charge is 2.65.